The summed E-state index contributed by atoms with van der Waals surface area (Å²) < 4.78 is 1.93. The molecule has 1 aliphatic rings. The minimum Gasteiger partial charge on any atom is -0.329 e. The van der Waals surface area contributed by atoms with Crippen molar-refractivity contribution in [3.05, 3.63) is 0 Å². The monoisotopic (exact) mass is 213 g/mol. The minimum atomic E-state index is 0.429. The summed E-state index contributed by atoms with van der Waals surface area (Å²) in [5, 5.41) is 13.1. The zero-order chi connectivity index (χ0) is 9.97. The van der Waals surface area contributed by atoms with Crippen LogP contribution in [0.4, 0.5) is 0 Å². The zero-order valence-electron chi connectivity index (χ0n) is 8.26. The maximum atomic E-state index is 5.64. The number of nitrogens with two attached hydrogens (primary N) is 1. The third-order valence-corrected chi connectivity index (χ3v) is 3.68. The Labute approximate surface area is 87.4 Å². The predicted molar refractivity (Wildman–Crippen MR) is 55.1 cm³/mol. The SMILES string of the molecule is CCC(CN)Sc1nnnn1C1CC1. The lowest BCUT2D eigenvalue weighted by atomic mass is 10.3. The first-order valence-corrected chi connectivity index (χ1v) is 5.87. The van der Waals surface area contributed by atoms with E-state index in [0.717, 1.165) is 11.6 Å². The number of nitrogens with zero attached hydrogens (tertiary/aromatic N) is 4. The molecule has 1 aromatic rings. The van der Waals surface area contributed by atoms with Gasteiger partial charge >= 0.3 is 0 Å². The molecule has 0 amide bonds. The van der Waals surface area contributed by atoms with Gasteiger partial charge in [0.25, 0.3) is 0 Å². The number of hydrogen-bond donors (Lipinski definition) is 1. The predicted octanol–water partition coefficient (Wildman–Crippen LogP) is 0.837. The molecule has 5 nitrogen and oxygen atoms in total. The van der Waals surface area contributed by atoms with Gasteiger partial charge in [-0.1, -0.05) is 18.7 Å². The Bertz CT molecular complexity index is 292. The molecule has 0 bridgehead atoms. The largest absolute Gasteiger partial charge is 0.329 e. The van der Waals surface area contributed by atoms with Crippen LogP contribution in [0.3, 0.4) is 0 Å². The molecule has 1 aromatic heterocycles. The van der Waals surface area contributed by atoms with Gasteiger partial charge in [0.1, 0.15) is 0 Å². The smallest absolute Gasteiger partial charge is 0.209 e. The van der Waals surface area contributed by atoms with Crippen LogP contribution in [0.15, 0.2) is 5.16 Å². The van der Waals surface area contributed by atoms with Gasteiger partial charge in [-0.15, -0.1) is 5.10 Å². The first kappa shape index (κ1) is 9.92. The summed E-state index contributed by atoms with van der Waals surface area (Å²) in [6, 6.07) is 0.544. The van der Waals surface area contributed by atoms with Gasteiger partial charge in [-0.05, 0) is 29.7 Å². The highest BCUT2D eigenvalue weighted by atomic mass is 32.2. The molecule has 0 saturated heterocycles. The highest BCUT2D eigenvalue weighted by Gasteiger charge is 2.28. The molecule has 0 spiro atoms. The van der Waals surface area contributed by atoms with Crippen LogP contribution in [0.25, 0.3) is 0 Å². The number of rotatable bonds is 5. The van der Waals surface area contributed by atoms with Crippen LogP contribution in [0, 0.1) is 0 Å². The van der Waals surface area contributed by atoms with Crippen LogP contribution >= 0.6 is 11.8 Å². The fraction of sp³-hybridized carbons (Fsp3) is 0.875. The summed E-state index contributed by atoms with van der Waals surface area (Å²) in [7, 11) is 0. The molecule has 78 valence electrons. The fourth-order valence-electron chi connectivity index (χ4n) is 1.26. The molecule has 1 aliphatic carbocycles. The second-order valence-electron chi connectivity index (χ2n) is 3.52. The van der Waals surface area contributed by atoms with E-state index < -0.39 is 0 Å². The molecular weight excluding hydrogens is 198 g/mol. The van der Waals surface area contributed by atoms with Crippen LogP contribution in [0.1, 0.15) is 32.2 Å². The van der Waals surface area contributed by atoms with Crippen LogP contribution in [-0.2, 0) is 0 Å². The Kier molecular flexibility index (Phi) is 3.02. The molecule has 2 N–H and O–H groups in total. The summed E-state index contributed by atoms with van der Waals surface area (Å²) in [6.07, 6.45) is 3.47. The van der Waals surface area contributed by atoms with Crippen molar-refractivity contribution in [2.75, 3.05) is 6.54 Å². The Balaban J connectivity index is 2.03. The van der Waals surface area contributed by atoms with Crippen molar-refractivity contribution in [1.29, 1.82) is 0 Å². The van der Waals surface area contributed by atoms with Crippen molar-refractivity contribution >= 4 is 11.8 Å². The first-order chi connectivity index (χ1) is 6.85. The van der Waals surface area contributed by atoms with E-state index in [9.17, 15) is 0 Å². The van der Waals surface area contributed by atoms with E-state index in [-0.39, 0.29) is 0 Å². The average molecular weight is 213 g/mol. The molecule has 0 aliphatic heterocycles. The molecule has 0 aromatic carbocycles. The third kappa shape index (κ3) is 2.06. The normalized spacial score (nSPS) is 18.4. The zero-order valence-corrected chi connectivity index (χ0v) is 9.07. The number of thioether (sulfide) groups is 1. The summed E-state index contributed by atoms with van der Waals surface area (Å²) in [5.74, 6) is 0. The molecule has 1 fully saturated rings. The second-order valence-corrected chi connectivity index (χ2v) is 4.79. The van der Waals surface area contributed by atoms with E-state index in [0.29, 0.717) is 17.8 Å². The van der Waals surface area contributed by atoms with Crippen molar-refractivity contribution in [2.24, 2.45) is 5.73 Å². The van der Waals surface area contributed by atoms with Gasteiger partial charge < -0.3 is 5.73 Å². The quantitative estimate of drug-likeness (QED) is 0.734. The van der Waals surface area contributed by atoms with Gasteiger partial charge in [0.2, 0.25) is 5.16 Å². The maximum absolute atomic E-state index is 5.64. The summed E-state index contributed by atoms with van der Waals surface area (Å²) in [5.41, 5.74) is 5.64. The molecule has 1 unspecified atom stereocenters. The molecule has 2 rings (SSSR count). The molecule has 0 radical (unpaired) electrons. The van der Waals surface area contributed by atoms with Crippen LogP contribution in [-0.4, -0.2) is 32.0 Å². The van der Waals surface area contributed by atoms with Crippen molar-refractivity contribution in [3.8, 4) is 0 Å². The van der Waals surface area contributed by atoms with E-state index in [4.69, 9.17) is 5.73 Å². The van der Waals surface area contributed by atoms with E-state index >= 15 is 0 Å². The third-order valence-electron chi connectivity index (χ3n) is 2.35. The van der Waals surface area contributed by atoms with Crippen molar-refractivity contribution in [3.63, 3.8) is 0 Å². The highest BCUT2D eigenvalue weighted by Crippen LogP contribution is 2.37. The molecule has 1 heterocycles. The van der Waals surface area contributed by atoms with Crippen LogP contribution < -0.4 is 5.73 Å². The van der Waals surface area contributed by atoms with Gasteiger partial charge in [0.15, 0.2) is 0 Å². The Hall–Kier alpha value is -0.620. The minimum absolute atomic E-state index is 0.429. The van der Waals surface area contributed by atoms with Crippen molar-refractivity contribution < 1.29 is 0 Å². The standard InChI is InChI=1S/C8H15N5S/c1-2-7(5-9)14-8-10-11-12-13(8)6-3-4-6/h6-7H,2-5,9H2,1H3. The van der Waals surface area contributed by atoms with Gasteiger partial charge in [0, 0.05) is 11.8 Å². The highest BCUT2D eigenvalue weighted by molar-refractivity contribution is 7.99. The molecular formula is C8H15N5S. The van der Waals surface area contributed by atoms with Crippen molar-refractivity contribution in [2.45, 2.75) is 42.6 Å². The lowest BCUT2D eigenvalue weighted by Crippen LogP contribution is -2.16. The van der Waals surface area contributed by atoms with Crippen molar-refractivity contribution in [1.82, 2.24) is 20.2 Å². The fourth-order valence-corrected chi connectivity index (χ4v) is 2.20. The van der Waals surface area contributed by atoms with Gasteiger partial charge in [-0.2, -0.15) is 0 Å². The van der Waals surface area contributed by atoms with E-state index in [1.807, 2.05) is 4.68 Å². The lowest BCUT2D eigenvalue weighted by molar-refractivity contribution is 0.564. The maximum Gasteiger partial charge on any atom is 0.209 e. The number of hydrogen-bond acceptors (Lipinski definition) is 5. The molecule has 1 saturated carbocycles. The molecule has 14 heavy (non-hydrogen) atoms. The van der Waals surface area contributed by atoms with Gasteiger partial charge in [0.05, 0.1) is 6.04 Å². The second kappa shape index (κ2) is 4.27. The summed E-state index contributed by atoms with van der Waals surface area (Å²) in [6.45, 7) is 2.81. The van der Waals surface area contributed by atoms with E-state index in [1.165, 1.54) is 12.8 Å². The van der Waals surface area contributed by atoms with E-state index in [1.54, 1.807) is 11.8 Å². The first-order valence-electron chi connectivity index (χ1n) is 4.99. The average Bonchev–Trinajstić information content (AvgIpc) is 2.95. The Morgan fingerprint density at radius 3 is 3.00 bits per heavy atom. The summed E-state index contributed by atoms with van der Waals surface area (Å²) in [4.78, 5) is 0. The van der Waals surface area contributed by atoms with Crippen LogP contribution in [0.2, 0.25) is 0 Å². The van der Waals surface area contributed by atoms with E-state index in [2.05, 4.69) is 22.4 Å². The summed E-state index contributed by atoms with van der Waals surface area (Å²) >= 11 is 1.69. The van der Waals surface area contributed by atoms with Crippen LogP contribution in [0.5, 0.6) is 0 Å². The lowest BCUT2D eigenvalue weighted by Gasteiger charge is -2.10. The topological polar surface area (TPSA) is 69.6 Å². The molecule has 6 heteroatoms. The number of aromatic nitrogens is 4. The van der Waals surface area contributed by atoms with Gasteiger partial charge in [-0.25, -0.2) is 4.68 Å². The number of tetrazole rings is 1. The molecule has 1 atom stereocenters. The Morgan fingerprint density at radius 1 is 1.64 bits per heavy atom. The Morgan fingerprint density at radius 2 is 2.43 bits per heavy atom. The van der Waals surface area contributed by atoms with Gasteiger partial charge in [-0.3, -0.25) is 0 Å².